The van der Waals surface area contributed by atoms with Gasteiger partial charge >= 0.3 is 5.97 Å². The topological polar surface area (TPSA) is 26.3 Å². The van der Waals surface area contributed by atoms with Crippen LogP contribution in [0.3, 0.4) is 0 Å². The highest BCUT2D eigenvalue weighted by atomic mass is 16.5. The van der Waals surface area contributed by atoms with Crippen LogP contribution in [0.5, 0.6) is 0 Å². The summed E-state index contributed by atoms with van der Waals surface area (Å²) in [6.45, 7) is 2.54. The van der Waals surface area contributed by atoms with Gasteiger partial charge in [0.05, 0.1) is 6.61 Å². The van der Waals surface area contributed by atoms with E-state index in [0.717, 1.165) is 25.7 Å². The van der Waals surface area contributed by atoms with Crippen LogP contribution in [0.4, 0.5) is 0 Å². The van der Waals surface area contributed by atoms with Crippen LogP contribution >= 0.6 is 0 Å². The van der Waals surface area contributed by atoms with Crippen LogP contribution in [0.25, 0.3) is 0 Å². The van der Waals surface area contributed by atoms with Crippen molar-refractivity contribution in [2.24, 2.45) is 0 Å². The normalized spacial score (nSPS) is 10.7. The van der Waals surface area contributed by atoms with Gasteiger partial charge in [-0.05, 0) is 31.2 Å². The van der Waals surface area contributed by atoms with E-state index in [2.05, 4.69) is 36.4 Å². The lowest BCUT2D eigenvalue weighted by atomic mass is 10.1. The molecule has 0 N–H and O–H groups in total. The van der Waals surface area contributed by atoms with Crippen LogP contribution in [0.2, 0.25) is 0 Å². The van der Waals surface area contributed by atoms with Crippen molar-refractivity contribution in [2.75, 3.05) is 6.61 Å². The van der Waals surface area contributed by atoms with Gasteiger partial charge in [0.25, 0.3) is 0 Å². The van der Waals surface area contributed by atoms with E-state index in [1.807, 2.05) is 13.0 Å². The number of ether oxygens (including phenoxy) is 1. The van der Waals surface area contributed by atoms with Gasteiger partial charge in [-0.15, -0.1) is 0 Å². The molecule has 1 rings (SSSR count). The Bertz CT molecular complexity index is 355. The number of rotatable bonds is 8. The number of allylic oxidation sites excluding steroid dienone is 2. The first-order valence-corrected chi connectivity index (χ1v) is 6.67. The summed E-state index contributed by atoms with van der Waals surface area (Å²) >= 11 is 0. The van der Waals surface area contributed by atoms with Crippen molar-refractivity contribution >= 4 is 5.97 Å². The maximum atomic E-state index is 11.2. The zero-order valence-corrected chi connectivity index (χ0v) is 11.1. The minimum Gasteiger partial charge on any atom is -0.466 e. The Morgan fingerprint density at radius 3 is 2.61 bits per heavy atom. The summed E-state index contributed by atoms with van der Waals surface area (Å²) in [5.41, 5.74) is 1.35. The third-order valence-electron chi connectivity index (χ3n) is 2.59. The van der Waals surface area contributed by atoms with E-state index in [9.17, 15) is 4.79 Å². The molecular formula is C16H22O2. The molecule has 0 spiro atoms. The second-order valence-corrected chi connectivity index (χ2v) is 4.25. The van der Waals surface area contributed by atoms with E-state index < -0.39 is 0 Å². The van der Waals surface area contributed by atoms with Crippen LogP contribution < -0.4 is 0 Å². The molecule has 0 atom stereocenters. The molecule has 0 unspecified atom stereocenters. The molecule has 0 bridgehead atoms. The standard InChI is InChI=1S/C16H22O2/c1-2-14-18-16(17)13-9-4-3-6-10-15-11-7-5-8-12-15/h3-5,7-8,11-12H,2,6,9-10,13-14H2,1H3/b4-3-. The average molecular weight is 246 g/mol. The Morgan fingerprint density at radius 2 is 1.89 bits per heavy atom. The van der Waals surface area contributed by atoms with Gasteiger partial charge in [0, 0.05) is 6.42 Å². The largest absolute Gasteiger partial charge is 0.466 e. The molecule has 0 aliphatic heterocycles. The minimum absolute atomic E-state index is 0.0930. The van der Waals surface area contributed by atoms with Gasteiger partial charge in [0.15, 0.2) is 0 Å². The Hall–Kier alpha value is -1.57. The molecule has 98 valence electrons. The van der Waals surface area contributed by atoms with Crippen molar-refractivity contribution < 1.29 is 9.53 Å². The fourth-order valence-electron chi connectivity index (χ4n) is 1.62. The second kappa shape index (κ2) is 9.46. The summed E-state index contributed by atoms with van der Waals surface area (Å²) in [4.78, 5) is 11.2. The van der Waals surface area contributed by atoms with E-state index in [4.69, 9.17) is 4.74 Å². The summed E-state index contributed by atoms with van der Waals surface area (Å²) in [5, 5.41) is 0. The summed E-state index contributed by atoms with van der Waals surface area (Å²) in [6.07, 6.45) is 8.43. The van der Waals surface area contributed by atoms with Crippen LogP contribution in [0, 0.1) is 0 Å². The Balaban J connectivity index is 2.06. The molecule has 0 radical (unpaired) electrons. The number of hydrogen-bond acceptors (Lipinski definition) is 2. The van der Waals surface area contributed by atoms with Gasteiger partial charge in [-0.2, -0.15) is 0 Å². The van der Waals surface area contributed by atoms with Crippen LogP contribution in [-0.2, 0) is 16.0 Å². The predicted octanol–water partition coefficient (Wildman–Crippen LogP) is 3.91. The third kappa shape index (κ3) is 6.89. The molecule has 0 fully saturated rings. The molecule has 2 heteroatoms. The minimum atomic E-state index is -0.0930. The summed E-state index contributed by atoms with van der Waals surface area (Å²) in [7, 11) is 0. The average Bonchev–Trinajstić information content (AvgIpc) is 2.41. The first-order chi connectivity index (χ1) is 8.83. The quantitative estimate of drug-likeness (QED) is 0.513. The Kier molecular flexibility index (Phi) is 7.61. The van der Waals surface area contributed by atoms with Gasteiger partial charge in [0.2, 0.25) is 0 Å². The number of carbonyl (C=O) groups is 1. The molecular weight excluding hydrogens is 224 g/mol. The molecule has 0 heterocycles. The summed E-state index contributed by atoms with van der Waals surface area (Å²) in [5.74, 6) is -0.0930. The van der Waals surface area contributed by atoms with Crippen molar-refractivity contribution in [3.63, 3.8) is 0 Å². The number of hydrogen-bond donors (Lipinski definition) is 0. The molecule has 18 heavy (non-hydrogen) atoms. The van der Waals surface area contributed by atoms with Crippen molar-refractivity contribution in [1.82, 2.24) is 0 Å². The first-order valence-electron chi connectivity index (χ1n) is 6.67. The van der Waals surface area contributed by atoms with E-state index >= 15 is 0 Å². The van der Waals surface area contributed by atoms with Gasteiger partial charge in [-0.3, -0.25) is 4.79 Å². The molecule has 0 saturated heterocycles. The van der Waals surface area contributed by atoms with Crippen LogP contribution in [0.15, 0.2) is 42.5 Å². The maximum Gasteiger partial charge on any atom is 0.306 e. The Labute approximate surface area is 110 Å². The van der Waals surface area contributed by atoms with Gasteiger partial charge in [0.1, 0.15) is 0 Å². The van der Waals surface area contributed by atoms with Crippen LogP contribution in [0.1, 0.15) is 38.2 Å². The van der Waals surface area contributed by atoms with Gasteiger partial charge < -0.3 is 4.74 Å². The van der Waals surface area contributed by atoms with Crippen LogP contribution in [-0.4, -0.2) is 12.6 Å². The zero-order valence-electron chi connectivity index (χ0n) is 11.1. The molecule has 0 saturated carbocycles. The van der Waals surface area contributed by atoms with E-state index in [1.54, 1.807) is 0 Å². The molecule has 0 amide bonds. The first kappa shape index (κ1) is 14.5. The highest BCUT2D eigenvalue weighted by molar-refractivity contribution is 5.69. The SMILES string of the molecule is CCCOC(=O)CC/C=C\CCc1ccccc1. The lowest BCUT2D eigenvalue weighted by Crippen LogP contribution is -2.04. The molecule has 1 aromatic rings. The number of benzene rings is 1. The maximum absolute atomic E-state index is 11.2. The third-order valence-corrected chi connectivity index (χ3v) is 2.59. The smallest absolute Gasteiger partial charge is 0.306 e. The van der Waals surface area contributed by atoms with Crippen molar-refractivity contribution in [2.45, 2.75) is 39.0 Å². The zero-order chi connectivity index (χ0) is 13.1. The lowest BCUT2D eigenvalue weighted by Gasteiger charge is -2.00. The molecule has 2 nitrogen and oxygen atoms in total. The van der Waals surface area contributed by atoms with Crippen molar-refractivity contribution in [1.29, 1.82) is 0 Å². The van der Waals surface area contributed by atoms with Crippen molar-refractivity contribution in [3.05, 3.63) is 48.0 Å². The number of esters is 1. The van der Waals surface area contributed by atoms with Gasteiger partial charge in [-0.1, -0.05) is 49.4 Å². The molecule has 0 aliphatic carbocycles. The predicted molar refractivity (Wildman–Crippen MR) is 74.4 cm³/mol. The molecule has 1 aromatic carbocycles. The van der Waals surface area contributed by atoms with E-state index in [0.29, 0.717) is 13.0 Å². The monoisotopic (exact) mass is 246 g/mol. The van der Waals surface area contributed by atoms with Crippen molar-refractivity contribution in [3.8, 4) is 0 Å². The summed E-state index contributed by atoms with van der Waals surface area (Å²) < 4.78 is 4.99. The highest BCUT2D eigenvalue weighted by Gasteiger charge is 1.98. The fraction of sp³-hybridized carbons (Fsp3) is 0.438. The number of aryl methyl sites for hydroxylation is 1. The summed E-state index contributed by atoms with van der Waals surface area (Å²) in [6, 6.07) is 10.4. The molecule has 0 aromatic heterocycles. The fourth-order valence-corrected chi connectivity index (χ4v) is 1.62. The lowest BCUT2D eigenvalue weighted by molar-refractivity contribution is -0.143. The second-order valence-electron chi connectivity index (χ2n) is 4.25. The van der Waals surface area contributed by atoms with Gasteiger partial charge in [-0.25, -0.2) is 0 Å². The number of carbonyl (C=O) groups excluding carboxylic acids is 1. The highest BCUT2D eigenvalue weighted by Crippen LogP contribution is 2.03. The molecule has 0 aliphatic rings. The van der Waals surface area contributed by atoms with E-state index in [-0.39, 0.29) is 5.97 Å². The Morgan fingerprint density at radius 1 is 1.17 bits per heavy atom. The van der Waals surface area contributed by atoms with E-state index in [1.165, 1.54) is 5.56 Å².